The Morgan fingerprint density at radius 2 is 2.05 bits per heavy atom. The third-order valence-corrected chi connectivity index (χ3v) is 4.54. The van der Waals surface area contributed by atoms with Gasteiger partial charge in [-0.25, -0.2) is 13.1 Å². The van der Waals surface area contributed by atoms with E-state index in [0.29, 0.717) is 19.0 Å². The van der Waals surface area contributed by atoms with Gasteiger partial charge in [0.15, 0.2) is 0 Å². The highest BCUT2D eigenvalue weighted by molar-refractivity contribution is 7.89. The highest BCUT2D eigenvalue weighted by Gasteiger charge is 2.22. The van der Waals surface area contributed by atoms with Crippen molar-refractivity contribution in [2.45, 2.75) is 30.2 Å². The average Bonchev–Trinajstić information content (AvgIpc) is 3.22. The predicted molar refractivity (Wildman–Crippen MR) is 73.9 cm³/mol. The van der Waals surface area contributed by atoms with E-state index in [-0.39, 0.29) is 11.4 Å². The maximum Gasteiger partial charge on any atom is 0.306 e. The second-order valence-electron chi connectivity index (χ2n) is 4.85. The quantitative estimate of drug-likeness (QED) is 0.425. The van der Waals surface area contributed by atoms with Crippen LogP contribution in [0.5, 0.6) is 0 Å². The van der Waals surface area contributed by atoms with Gasteiger partial charge in [0.2, 0.25) is 15.8 Å². The number of rotatable bonds is 8. The molecule has 0 aliphatic heterocycles. The molecule has 1 aliphatic rings. The van der Waals surface area contributed by atoms with Gasteiger partial charge in [0, 0.05) is 18.7 Å². The number of halogens is 1. The van der Waals surface area contributed by atoms with Gasteiger partial charge in [0.05, 0.1) is 9.82 Å². The minimum atomic E-state index is -3.87. The molecule has 0 spiro atoms. The number of sulfonamides is 1. The fraction of sp³-hybridized carbons (Fsp3) is 0.500. The van der Waals surface area contributed by atoms with Gasteiger partial charge >= 0.3 is 5.69 Å². The van der Waals surface area contributed by atoms with E-state index in [1.54, 1.807) is 0 Å². The molecule has 0 amide bonds. The van der Waals surface area contributed by atoms with Crippen LogP contribution in [0.15, 0.2) is 23.1 Å². The van der Waals surface area contributed by atoms with Crippen LogP contribution in [0.4, 0.5) is 10.1 Å². The Hall–Kier alpha value is -1.58. The third kappa shape index (κ3) is 4.45. The van der Waals surface area contributed by atoms with Crippen molar-refractivity contribution in [3.63, 3.8) is 0 Å². The molecule has 0 unspecified atom stereocenters. The molecule has 0 heterocycles. The van der Waals surface area contributed by atoms with E-state index in [9.17, 15) is 22.9 Å². The summed E-state index contributed by atoms with van der Waals surface area (Å²) in [5.74, 6) is -1.06. The topological polar surface area (TPSA) is 101 Å². The van der Waals surface area contributed by atoms with E-state index in [1.165, 1.54) is 0 Å². The van der Waals surface area contributed by atoms with E-state index in [0.717, 1.165) is 31.0 Å². The zero-order chi connectivity index (χ0) is 15.5. The molecule has 0 atom stereocenters. The van der Waals surface area contributed by atoms with Gasteiger partial charge < -0.3 is 5.32 Å². The molecule has 2 N–H and O–H groups in total. The standard InChI is InChI=1S/C12H16FN3O4S/c13-11-5-4-10(8-12(11)16(17)18)21(19,20)15-7-1-6-14-9-2-3-9/h4-5,8-9,14-15H,1-3,6-7H2. The van der Waals surface area contributed by atoms with Crippen LogP contribution in [0.1, 0.15) is 19.3 Å². The molecule has 1 aromatic carbocycles. The molecule has 0 bridgehead atoms. The van der Waals surface area contributed by atoms with Crippen LogP contribution in [0, 0.1) is 15.9 Å². The second kappa shape index (κ2) is 6.46. The average molecular weight is 317 g/mol. The summed E-state index contributed by atoms with van der Waals surface area (Å²) in [6, 6.07) is 3.07. The highest BCUT2D eigenvalue weighted by atomic mass is 32.2. The number of benzene rings is 1. The summed E-state index contributed by atoms with van der Waals surface area (Å²) in [5, 5.41) is 13.9. The molecular weight excluding hydrogens is 301 g/mol. The van der Waals surface area contributed by atoms with Crippen LogP contribution in [0.2, 0.25) is 0 Å². The van der Waals surface area contributed by atoms with Crippen molar-refractivity contribution in [3.8, 4) is 0 Å². The monoisotopic (exact) mass is 317 g/mol. The molecule has 21 heavy (non-hydrogen) atoms. The highest BCUT2D eigenvalue weighted by Crippen LogP contribution is 2.21. The molecule has 7 nitrogen and oxygen atoms in total. The van der Waals surface area contributed by atoms with Crippen LogP contribution >= 0.6 is 0 Å². The maximum absolute atomic E-state index is 13.2. The first kappa shape index (κ1) is 15.8. The Morgan fingerprint density at radius 3 is 2.67 bits per heavy atom. The van der Waals surface area contributed by atoms with Crippen molar-refractivity contribution in [2.75, 3.05) is 13.1 Å². The molecule has 9 heteroatoms. The molecule has 1 aromatic rings. The Morgan fingerprint density at radius 1 is 1.33 bits per heavy atom. The van der Waals surface area contributed by atoms with Crippen molar-refractivity contribution in [1.29, 1.82) is 0 Å². The van der Waals surface area contributed by atoms with Crippen molar-refractivity contribution in [2.24, 2.45) is 0 Å². The summed E-state index contributed by atoms with van der Waals surface area (Å²) in [6.07, 6.45) is 2.93. The number of nitro benzene ring substituents is 1. The van der Waals surface area contributed by atoms with Crippen molar-refractivity contribution < 1.29 is 17.7 Å². The third-order valence-electron chi connectivity index (χ3n) is 3.08. The molecule has 1 aliphatic carbocycles. The zero-order valence-corrected chi connectivity index (χ0v) is 12.0. The molecule has 1 saturated carbocycles. The summed E-state index contributed by atoms with van der Waals surface area (Å²) in [4.78, 5) is 9.35. The van der Waals surface area contributed by atoms with E-state index in [1.807, 2.05) is 0 Å². The summed E-state index contributed by atoms with van der Waals surface area (Å²) < 4.78 is 39.4. The summed E-state index contributed by atoms with van der Waals surface area (Å²) >= 11 is 0. The number of nitrogens with one attached hydrogen (secondary N) is 2. The Bertz CT molecular complexity index is 631. The van der Waals surface area contributed by atoms with Gasteiger partial charge in [0.1, 0.15) is 0 Å². The maximum atomic E-state index is 13.2. The van der Waals surface area contributed by atoms with Gasteiger partial charge in [-0.05, 0) is 37.9 Å². The smallest absolute Gasteiger partial charge is 0.306 e. The minimum Gasteiger partial charge on any atom is -0.314 e. The van der Waals surface area contributed by atoms with Gasteiger partial charge in [-0.1, -0.05) is 0 Å². The van der Waals surface area contributed by atoms with Crippen LogP contribution in [-0.2, 0) is 10.0 Å². The molecular formula is C12H16FN3O4S. The van der Waals surface area contributed by atoms with Crippen molar-refractivity contribution in [3.05, 3.63) is 34.1 Å². The van der Waals surface area contributed by atoms with E-state index >= 15 is 0 Å². The van der Waals surface area contributed by atoms with Gasteiger partial charge in [-0.3, -0.25) is 10.1 Å². The second-order valence-corrected chi connectivity index (χ2v) is 6.62. The summed E-state index contributed by atoms with van der Waals surface area (Å²) in [5.41, 5.74) is -0.853. The first-order chi connectivity index (χ1) is 9.90. The fourth-order valence-corrected chi connectivity index (χ4v) is 2.87. The first-order valence-electron chi connectivity index (χ1n) is 6.57. The fourth-order valence-electron chi connectivity index (χ4n) is 1.77. The zero-order valence-electron chi connectivity index (χ0n) is 11.2. The lowest BCUT2D eigenvalue weighted by Crippen LogP contribution is -2.28. The van der Waals surface area contributed by atoms with Crippen LogP contribution in [0.3, 0.4) is 0 Å². The first-order valence-corrected chi connectivity index (χ1v) is 8.05. The molecule has 0 saturated heterocycles. The number of hydrogen-bond donors (Lipinski definition) is 2. The number of hydrogen-bond acceptors (Lipinski definition) is 5. The van der Waals surface area contributed by atoms with E-state index < -0.39 is 26.5 Å². The molecule has 1 fully saturated rings. The lowest BCUT2D eigenvalue weighted by atomic mass is 10.3. The number of nitro groups is 1. The van der Waals surface area contributed by atoms with Crippen molar-refractivity contribution >= 4 is 15.7 Å². The predicted octanol–water partition coefficient (Wildman–Crippen LogP) is 1.15. The normalized spacial score (nSPS) is 15.1. The Labute approximate surface area is 121 Å². The van der Waals surface area contributed by atoms with Gasteiger partial charge in [-0.2, -0.15) is 4.39 Å². The van der Waals surface area contributed by atoms with E-state index in [4.69, 9.17) is 0 Å². The molecule has 0 aromatic heterocycles. The Kier molecular flexibility index (Phi) is 4.86. The summed E-state index contributed by atoms with van der Waals surface area (Å²) in [7, 11) is -3.87. The summed E-state index contributed by atoms with van der Waals surface area (Å²) in [6.45, 7) is 0.921. The lowest BCUT2D eigenvalue weighted by molar-refractivity contribution is -0.387. The van der Waals surface area contributed by atoms with Gasteiger partial charge in [-0.15, -0.1) is 0 Å². The SMILES string of the molecule is O=[N+]([O-])c1cc(S(=O)(=O)NCCCNC2CC2)ccc1F. The van der Waals surface area contributed by atoms with Crippen LogP contribution < -0.4 is 10.0 Å². The molecule has 0 radical (unpaired) electrons. The van der Waals surface area contributed by atoms with E-state index in [2.05, 4.69) is 10.0 Å². The van der Waals surface area contributed by atoms with Crippen LogP contribution in [-0.4, -0.2) is 32.5 Å². The lowest BCUT2D eigenvalue weighted by Gasteiger charge is -2.07. The Balaban J connectivity index is 1.94. The minimum absolute atomic E-state index is 0.216. The van der Waals surface area contributed by atoms with Crippen molar-refractivity contribution in [1.82, 2.24) is 10.0 Å². The molecule has 2 rings (SSSR count). The largest absolute Gasteiger partial charge is 0.314 e. The number of nitrogens with zero attached hydrogens (tertiary/aromatic N) is 1. The van der Waals surface area contributed by atoms with Crippen LogP contribution in [0.25, 0.3) is 0 Å². The van der Waals surface area contributed by atoms with Gasteiger partial charge in [0.25, 0.3) is 0 Å². The molecule has 116 valence electrons.